The molecule has 38 heavy (non-hydrogen) atoms. The van der Waals surface area contributed by atoms with Crippen LogP contribution in [-0.4, -0.2) is 49.3 Å². The molecule has 1 saturated heterocycles. The second kappa shape index (κ2) is 9.83. The fourth-order valence-electron chi connectivity index (χ4n) is 5.84. The molecule has 2 heterocycles. The molecule has 196 valence electrons. The van der Waals surface area contributed by atoms with Crippen LogP contribution in [0.25, 0.3) is 11.1 Å². The van der Waals surface area contributed by atoms with Crippen molar-refractivity contribution in [2.75, 3.05) is 19.8 Å². The monoisotopic (exact) mass is 521 g/mol. The lowest BCUT2D eigenvalue weighted by molar-refractivity contribution is -0.274. The highest BCUT2D eigenvalue weighted by Gasteiger charge is 2.39. The smallest absolute Gasteiger partial charge is 0.448 e. The standard InChI is InChI=1S/C30H26F3NO4/c31-30(32,33)38-23-11-9-19(10-12-23)13-20-14-21-16-36-17-22(15-20)34(21)29(35)37-18-28-26-7-3-1-5-24(26)25-6-2-4-8-27(25)28/h1-12,14,21-22,28H,13,15-18H2. The minimum Gasteiger partial charge on any atom is -0.448 e. The molecule has 2 atom stereocenters. The molecule has 2 bridgehead atoms. The van der Waals surface area contributed by atoms with Crippen LogP contribution in [0.1, 0.15) is 29.0 Å². The Labute approximate surface area is 218 Å². The number of fused-ring (bicyclic) bond motifs is 5. The molecule has 1 amide bonds. The van der Waals surface area contributed by atoms with Crippen LogP contribution in [0.2, 0.25) is 0 Å². The second-order valence-electron chi connectivity index (χ2n) is 9.87. The summed E-state index contributed by atoms with van der Waals surface area (Å²) in [5.41, 5.74) is 6.68. The van der Waals surface area contributed by atoms with Crippen molar-refractivity contribution in [3.63, 3.8) is 0 Å². The Bertz CT molecular complexity index is 1320. The van der Waals surface area contributed by atoms with Crippen molar-refractivity contribution in [2.24, 2.45) is 0 Å². The number of carbonyl (C=O) groups excluding carboxylic acids is 1. The Kier molecular flexibility index (Phi) is 6.35. The maximum absolute atomic E-state index is 13.3. The molecule has 1 aliphatic carbocycles. The van der Waals surface area contributed by atoms with Gasteiger partial charge in [-0.15, -0.1) is 13.2 Å². The number of hydrogen-bond donors (Lipinski definition) is 0. The number of rotatable bonds is 5. The summed E-state index contributed by atoms with van der Waals surface area (Å²) in [6.45, 7) is 1.05. The van der Waals surface area contributed by atoms with Gasteiger partial charge in [0.1, 0.15) is 12.4 Å². The van der Waals surface area contributed by atoms with E-state index in [9.17, 15) is 18.0 Å². The zero-order valence-corrected chi connectivity index (χ0v) is 20.5. The van der Waals surface area contributed by atoms with Crippen molar-refractivity contribution in [2.45, 2.75) is 37.2 Å². The predicted molar refractivity (Wildman–Crippen MR) is 135 cm³/mol. The number of alkyl halides is 3. The molecule has 0 N–H and O–H groups in total. The van der Waals surface area contributed by atoms with Gasteiger partial charge in [-0.1, -0.05) is 72.3 Å². The van der Waals surface area contributed by atoms with Gasteiger partial charge in [-0.25, -0.2) is 4.79 Å². The first-order valence-corrected chi connectivity index (χ1v) is 12.6. The first kappa shape index (κ1) is 24.6. The SMILES string of the molecule is O=C(OCC1c2ccccc2-c2ccccc21)N1C2C=C(Cc3ccc(OC(F)(F)F)cc3)CC1COC2. The third-order valence-electron chi connectivity index (χ3n) is 7.41. The largest absolute Gasteiger partial charge is 0.573 e. The molecule has 8 heteroatoms. The maximum atomic E-state index is 13.3. The lowest BCUT2D eigenvalue weighted by Crippen LogP contribution is -2.56. The number of ether oxygens (including phenoxy) is 3. The normalized spacial score (nSPS) is 20.4. The van der Waals surface area contributed by atoms with E-state index in [0.29, 0.717) is 26.1 Å². The van der Waals surface area contributed by atoms with Gasteiger partial charge in [-0.05, 0) is 52.8 Å². The highest BCUT2D eigenvalue weighted by molar-refractivity contribution is 5.79. The van der Waals surface area contributed by atoms with E-state index in [1.807, 2.05) is 30.3 Å². The fraction of sp³-hybridized carbons (Fsp3) is 0.300. The summed E-state index contributed by atoms with van der Waals surface area (Å²) in [6, 6.07) is 21.9. The first-order valence-electron chi connectivity index (χ1n) is 12.6. The summed E-state index contributed by atoms with van der Waals surface area (Å²) < 4.78 is 52.9. The zero-order chi connectivity index (χ0) is 26.3. The van der Waals surface area contributed by atoms with Crippen LogP contribution in [0.15, 0.2) is 84.4 Å². The van der Waals surface area contributed by atoms with Crippen LogP contribution in [0, 0.1) is 0 Å². The van der Waals surface area contributed by atoms with E-state index in [-0.39, 0.29) is 36.5 Å². The molecular weight excluding hydrogens is 495 g/mol. The molecule has 5 nitrogen and oxygen atoms in total. The topological polar surface area (TPSA) is 48.0 Å². The molecule has 1 fully saturated rings. The lowest BCUT2D eigenvalue weighted by Gasteiger charge is -2.44. The molecule has 2 unspecified atom stereocenters. The highest BCUT2D eigenvalue weighted by Crippen LogP contribution is 2.44. The quantitative estimate of drug-likeness (QED) is 0.361. The molecule has 0 saturated carbocycles. The summed E-state index contributed by atoms with van der Waals surface area (Å²) in [6.07, 6.45) is -1.85. The van der Waals surface area contributed by atoms with Crippen molar-refractivity contribution in [3.8, 4) is 16.9 Å². The Balaban J connectivity index is 1.13. The zero-order valence-electron chi connectivity index (χ0n) is 20.5. The van der Waals surface area contributed by atoms with Crippen LogP contribution >= 0.6 is 0 Å². The summed E-state index contributed by atoms with van der Waals surface area (Å²) >= 11 is 0. The number of halogens is 3. The predicted octanol–water partition coefficient (Wildman–Crippen LogP) is 6.48. The summed E-state index contributed by atoms with van der Waals surface area (Å²) in [7, 11) is 0. The van der Waals surface area contributed by atoms with Crippen molar-refractivity contribution in [1.82, 2.24) is 4.90 Å². The van der Waals surface area contributed by atoms with Crippen molar-refractivity contribution < 1.29 is 32.2 Å². The van der Waals surface area contributed by atoms with Gasteiger partial charge in [-0.2, -0.15) is 0 Å². The molecule has 0 aromatic heterocycles. The van der Waals surface area contributed by atoms with Crippen molar-refractivity contribution in [3.05, 3.63) is 101 Å². The number of morpholine rings is 1. The molecule has 3 aromatic rings. The van der Waals surface area contributed by atoms with Crippen LogP contribution < -0.4 is 4.74 Å². The highest BCUT2D eigenvalue weighted by atomic mass is 19.4. The minimum atomic E-state index is -4.71. The van der Waals surface area contributed by atoms with Gasteiger partial charge >= 0.3 is 12.5 Å². The van der Waals surface area contributed by atoms with Gasteiger partial charge in [0.15, 0.2) is 0 Å². The van der Waals surface area contributed by atoms with E-state index in [1.165, 1.54) is 23.3 Å². The third kappa shape index (κ3) is 4.88. The van der Waals surface area contributed by atoms with E-state index in [1.54, 1.807) is 17.0 Å². The summed E-state index contributed by atoms with van der Waals surface area (Å²) in [4.78, 5) is 15.1. The Morgan fingerprint density at radius 2 is 1.58 bits per heavy atom. The average Bonchev–Trinajstić information content (AvgIpc) is 3.21. The number of amides is 1. The van der Waals surface area contributed by atoms with Crippen molar-refractivity contribution in [1.29, 1.82) is 0 Å². The van der Waals surface area contributed by atoms with Gasteiger partial charge in [0.25, 0.3) is 0 Å². The second-order valence-corrected chi connectivity index (χ2v) is 9.87. The van der Waals surface area contributed by atoms with Crippen LogP contribution in [0.4, 0.5) is 18.0 Å². The van der Waals surface area contributed by atoms with Crippen LogP contribution in [-0.2, 0) is 15.9 Å². The van der Waals surface area contributed by atoms with Gasteiger partial charge in [0.05, 0.1) is 25.3 Å². The van der Waals surface area contributed by atoms with Gasteiger partial charge < -0.3 is 14.2 Å². The number of hydrogen-bond acceptors (Lipinski definition) is 4. The average molecular weight is 522 g/mol. The van der Waals surface area contributed by atoms with Gasteiger partial charge in [-0.3, -0.25) is 4.90 Å². The molecule has 3 aromatic carbocycles. The maximum Gasteiger partial charge on any atom is 0.573 e. The van der Waals surface area contributed by atoms with Gasteiger partial charge in [0, 0.05) is 5.92 Å². The molecule has 6 rings (SSSR count). The Morgan fingerprint density at radius 1 is 0.921 bits per heavy atom. The molecular formula is C30H26F3NO4. The minimum absolute atomic E-state index is 0.0115. The van der Waals surface area contributed by atoms with E-state index in [0.717, 1.165) is 22.3 Å². The summed E-state index contributed by atoms with van der Waals surface area (Å²) in [5, 5.41) is 0. The van der Waals surface area contributed by atoms with E-state index in [4.69, 9.17) is 9.47 Å². The number of nitrogens with zero attached hydrogens (tertiary/aromatic N) is 1. The number of carbonyl (C=O) groups is 1. The first-order chi connectivity index (χ1) is 18.4. The van der Waals surface area contributed by atoms with E-state index < -0.39 is 6.36 Å². The molecule has 0 spiro atoms. The third-order valence-corrected chi connectivity index (χ3v) is 7.41. The summed E-state index contributed by atoms with van der Waals surface area (Å²) in [5.74, 6) is -0.256. The van der Waals surface area contributed by atoms with E-state index in [2.05, 4.69) is 29.0 Å². The molecule has 0 radical (unpaired) electrons. The Hall–Kier alpha value is -3.78. The fourth-order valence-corrected chi connectivity index (χ4v) is 5.84. The molecule has 2 aliphatic heterocycles. The number of benzene rings is 3. The van der Waals surface area contributed by atoms with Crippen molar-refractivity contribution >= 4 is 6.09 Å². The van der Waals surface area contributed by atoms with Gasteiger partial charge in [0.2, 0.25) is 0 Å². The lowest BCUT2D eigenvalue weighted by atomic mass is 9.90. The van der Waals surface area contributed by atoms with Crippen LogP contribution in [0.5, 0.6) is 5.75 Å². The van der Waals surface area contributed by atoms with E-state index >= 15 is 0 Å². The van der Waals surface area contributed by atoms with Crippen LogP contribution in [0.3, 0.4) is 0 Å². The molecule has 3 aliphatic rings. The Morgan fingerprint density at radius 3 is 2.21 bits per heavy atom.